The molecule has 2 aliphatic carbocycles. The van der Waals surface area contributed by atoms with Gasteiger partial charge in [-0.05, 0) is 140 Å². The Morgan fingerprint density at radius 1 is 0.523 bits per heavy atom. The molecule has 10 N–H and O–H groups in total. The maximum Gasteiger partial charge on any atom is 0.329 e. The number of thiazole rings is 2. The largest absolute Gasteiger partial charge is 0.497 e. The number of carboxylic acids is 2. The number of rotatable bonds is 23. The maximum absolute atomic E-state index is 15.0. The summed E-state index contributed by atoms with van der Waals surface area (Å²) in [6.07, 6.45) is 10.4. The van der Waals surface area contributed by atoms with Crippen LogP contribution in [0.5, 0.6) is 23.0 Å². The Labute approximate surface area is 782 Å². The molecule has 40 heteroatoms. The second-order valence-electron chi connectivity index (χ2n) is 39.6. The highest BCUT2D eigenvalue weighted by Gasteiger charge is 2.64. The van der Waals surface area contributed by atoms with Crippen molar-refractivity contribution in [3.05, 3.63) is 59.3 Å². The van der Waals surface area contributed by atoms with Crippen LogP contribution in [0.2, 0.25) is 0 Å². The van der Waals surface area contributed by atoms with Gasteiger partial charge >= 0.3 is 24.0 Å². The number of anilines is 2. The number of hydrogen-bond acceptors (Lipinski definition) is 24. The van der Waals surface area contributed by atoms with Gasteiger partial charge in [-0.15, -0.1) is 22.7 Å². The van der Waals surface area contributed by atoms with E-state index in [-0.39, 0.29) is 81.8 Å². The highest BCUT2D eigenvalue weighted by atomic mass is 32.2. The number of nitrogens with zero attached hydrogens (tertiary/aromatic N) is 10. The van der Waals surface area contributed by atoms with E-state index in [1.165, 1.54) is 56.7 Å². The third kappa shape index (κ3) is 23.5. The molecule has 2 saturated carbocycles. The number of carbonyl (C=O) groups is 8. The number of pyridine rings is 2. The van der Waals surface area contributed by atoms with Crippen LogP contribution in [-0.4, -0.2) is 273 Å². The molecular formula is C92H134N18O18S4. The molecule has 6 aromatic rings. The Bertz CT molecular complexity index is 5420. The number of hydrogen-bond donors (Lipinski definition) is 10. The lowest BCUT2D eigenvalue weighted by atomic mass is 9.86. The summed E-state index contributed by atoms with van der Waals surface area (Å²) >= 11 is 2.91. The minimum atomic E-state index is -3.78. The monoisotopic (exact) mass is 1910 g/mol. The molecule has 724 valence electrons. The van der Waals surface area contributed by atoms with Crippen molar-refractivity contribution in [2.75, 3.05) is 84.3 Å². The molecule has 2 aromatic carbocycles. The van der Waals surface area contributed by atoms with Gasteiger partial charge in [0.2, 0.25) is 23.6 Å². The van der Waals surface area contributed by atoms with Crippen molar-refractivity contribution in [3.8, 4) is 45.8 Å². The summed E-state index contributed by atoms with van der Waals surface area (Å²) in [5.74, 6) is -2.73. The number of ether oxygens (including phenoxy) is 4. The molecule has 12 atom stereocenters. The molecule has 6 aliphatic heterocycles. The fourth-order valence-electron chi connectivity index (χ4n) is 18.7. The van der Waals surface area contributed by atoms with Crippen LogP contribution < -0.4 is 61.5 Å². The number of urea groups is 2. The van der Waals surface area contributed by atoms with Crippen LogP contribution >= 0.6 is 22.7 Å². The van der Waals surface area contributed by atoms with Gasteiger partial charge in [0, 0.05) is 135 Å². The first-order valence-electron chi connectivity index (χ1n) is 46.6. The van der Waals surface area contributed by atoms with Crippen molar-refractivity contribution in [1.82, 2.24) is 78.9 Å². The van der Waals surface area contributed by atoms with Gasteiger partial charge in [0.15, 0.2) is 10.3 Å². The number of aliphatic carboxylic acids is 2. The summed E-state index contributed by atoms with van der Waals surface area (Å²) in [4.78, 5) is 135. The predicted molar refractivity (Wildman–Crippen MR) is 505 cm³/mol. The Hall–Kier alpha value is -9.58. The molecule has 8 fully saturated rings. The standard InChI is InChI=1S/C47H69N9O9S2.C45H65N9O9S2/c1-28(2)48-45-51-37(27-66-45)36-23-39(33-18-17-31(64-8)21-35(33)49-36)65-32-22-38-41(57)53-47(43(59)60)24-30(47)15-12-10-9-11-13-16-34(42(58)55(38)25-32)50-44(61)52-40(46(5,6)7)26-54-19-14-20-56(29(3)4)67(54,62)63;1-27(2)46-43-49-35(26-64-43)34-22-37(31-17-16-29(62-7)20-33(31)47-34)63-30-21-36-39(55)51-45(41(57)58)23-28(45)14-11-9-8-10-12-15-32(40(56)54(36)24-30)48-42(59)50-38(44(3,4)5)25-53-19-13-18-52(6)65(53,60)61/h17-18,21,23,27-30,32,34,38,40H,9-16,19-20,22,24-26H2,1-8H3,(H,48,51)(H,53,57)(H,59,60)(H2,50,52,61);16-17,20,22,26-28,30,32,36,38H,8-15,18-19,21,23-25H2,1-7H3,(H,46,49)(H,51,55)(H,57,58)(H2,48,50,59)/t30?,32-,34+,38+,40-,47-;28?,30-,32+,36+,38-,45-/m11/s1. The summed E-state index contributed by atoms with van der Waals surface area (Å²) in [7, 11) is -2.81. The number of benzene rings is 2. The van der Waals surface area contributed by atoms with Crippen LogP contribution in [0.25, 0.3) is 44.6 Å². The molecule has 6 saturated heterocycles. The topological polar surface area (TPSA) is 449 Å². The van der Waals surface area contributed by atoms with Crippen LogP contribution in [0.15, 0.2) is 59.3 Å². The maximum atomic E-state index is 15.0. The molecule has 14 rings (SSSR count). The highest BCUT2D eigenvalue weighted by Crippen LogP contribution is 2.50. The second-order valence-corrected chi connectivity index (χ2v) is 45.2. The summed E-state index contributed by atoms with van der Waals surface area (Å²) in [6, 6.07) is 7.73. The first-order valence-corrected chi connectivity index (χ1v) is 51.1. The van der Waals surface area contributed by atoms with Crippen LogP contribution in [-0.2, 0) is 49.2 Å². The van der Waals surface area contributed by atoms with Gasteiger partial charge in [0.05, 0.1) is 49.7 Å². The minimum Gasteiger partial charge on any atom is -0.497 e. The van der Waals surface area contributed by atoms with Crippen molar-refractivity contribution < 1.29 is 84.4 Å². The zero-order valence-electron chi connectivity index (χ0n) is 78.6. The Balaban J connectivity index is 0.000000225. The predicted octanol–water partition coefficient (Wildman–Crippen LogP) is 11.2. The van der Waals surface area contributed by atoms with Crippen molar-refractivity contribution in [2.24, 2.45) is 22.7 Å². The van der Waals surface area contributed by atoms with E-state index in [1.54, 1.807) is 50.6 Å². The summed E-state index contributed by atoms with van der Waals surface area (Å²) in [5, 5.41) is 51.8. The highest BCUT2D eigenvalue weighted by molar-refractivity contribution is 7.87. The summed E-state index contributed by atoms with van der Waals surface area (Å²) in [6.45, 7) is 24.8. The van der Waals surface area contributed by atoms with Gasteiger partial charge in [-0.3, -0.25) is 19.2 Å². The molecule has 4 aromatic heterocycles. The summed E-state index contributed by atoms with van der Waals surface area (Å²) < 4.78 is 84.0. The molecule has 0 bridgehead atoms. The molecule has 10 heterocycles. The Kier molecular flexibility index (Phi) is 31.6. The van der Waals surface area contributed by atoms with Gasteiger partial charge in [-0.25, -0.2) is 39.1 Å². The third-order valence-electron chi connectivity index (χ3n) is 26.6. The number of carbonyl (C=O) groups excluding carboxylic acids is 6. The lowest BCUT2D eigenvalue weighted by molar-refractivity contribution is -0.146. The quantitative estimate of drug-likeness (QED) is 0.0285. The van der Waals surface area contributed by atoms with Crippen molar-refractivity contribution in [2.45, 2.75) is 289 Å². The summed E-state index contributed by atoms with van der Waals surface area (Å²) in [5.41, 5.74) is -0.457. The Morgan fingerprint density at radius 3 is 1.30 bits per heavy atom. The van der Waals surface area contributed by atoms with Gasteiger partial charge in [0.1, 0.15) is 81.8 Å². The van der Waals surface area contributed by atoms with Gasteiger partial charge in [0.25, 0.3) is 20.4 Å². The first-order chi connectivity index (χ1) is 62.5. The molecule has 36 nitrogen and oxygen atoms in total. The molecule has 0 radical (unpaired) electrons. The number of fused-ring (bicyclic) bond motifs is 6. The smallest absolute Gasteiger partial charge is 0.329 e. The molecule has 0 spiro atoms. The van der Waals surface area contributed by atoms with Crippen LogP contribution in [0, 0.1) is 22.7 Å². The fraction of sp³-hybridized carbons (Fsp3) is 0.652. The first kappa shape index (κ1) is 99.9. The zero-order chi connectivity index (χ0) is 95.3. The minimum absolute atomic E-state index is 0.0281. The van der Waals surface area contributed by atoms with Gasteiger partial charge in [-0.2, -0.15) is 34.1 Å². The van der Waals surface area contributed by atoms with Crippen molar-refractivity contribution >= 4 is 123 Å². The van der Waals surface area contributed by atoms with Crippen LogP contribution in [0.3, 0.4) is 0 Å². The van der Waals surface area contributed by atoms with E-state index in [0.717, 1.165) is 61.6 Å². The SMILES string of the molecule is COc1ccc2c(O[C@@H]3C[C@H]4C(=O)N[C@]5(C(=O)O)CC5CCCCCCC[C@H](NC(=O)N[C@H](CN5CCCN(C(C)C)S5(=O)=O)C(C)(C)C)C(=O)N4C3)cc(-c3csc(NC(C)C)n3)nc2c1.COc1ccc2c(O[C@@H]3C[C@H]4C(=O)N[C@]5(C(=O)O)CC5CCCCCCC[C@H](NC(=O)N[C@H](CN5CCCN(C)S5(=O)=O)C(C)(C)C)C(=O)N4C3)cc(-c3csc(NC(C)C)n3)nc2c1. The second kappa shape index (κ2) is 41.7. The van der Waals surface area contributed by atoms with E-state index in [0.29, 0.717) is 145 Å². The molecule has 132 heavy (non-hydrogen) atoms. The van der Waals surface area contributed by atoms with Gasteiger partial charge < -0.3 is 81.5 Å². The van der Waals surface area contributed by atoms with Gasteiger partial charge in [-0.1, -0.05) is 106 Å². The van der Waals surface area contributed by atoms with E-state index in [2.05, 4.69) is 42.5 Å². The fourth-order valence-corrected chi connectivity index (χ4v) is 23.7. The van der Waals surface area contributed by atoms with E-state index in [4.69, 9.17) is 38.9 Å². The lowest BCUT2D eigenvalue weighted by Gasteiger charge is -2.41. The molecule has 8 aliphatic rings. The van der Waals surface area contributed by atoms with E-state index in [1.807, 2.05) is 106 Å². The zero-order valence-corrected chi connectivity index (χ0v) is 81.9. The normalized spacial score (nSPS) is 26.1. The average molecular weight is 1910 g/mol. The number of nitrogens with one attached hydrogen (secondary N) is 8. The average Bonchev–Trinajstić information content (AvgIpc) is 1.58. The molecule has 8 amide bonds. The molecule has 2 unspecified atom stereocenters. The Morgan fingerprint density at radius 2 is 0.917 bits per heavy atom. The van der Waals surface area contributed by atoms with E-state index in [9.17, 15) is 60.6 Å². The number of aromatic nitrogens is 4. The molecular weight excluding hydrogens is 1770 g/mol. The number of methoxy groups -OCH3 is 2. The van der Waals surface area contributed by atoms with Crippen molar-refractivity contribution in [1.29, 1.82) is 0 Å². The van der Waals surface area contributed by atoms with Crippen LogP contribution in [0.4, 0.5) is 19.9 Å². The lowest BCUT2D eigenvalue weighted by Crippen LogP contribution is -2.61. The number of carboxylic acid groups (broad SMARTS) is 2. The van der Waals surface area contributed by atoms with E-state index < -0.39 is 138 Å². The van der Waals surface area contributed by atoms with Crippen molar-refractivity contribution in [3.63, 3.8) is 0 Å². The number of amides is 8. The third-order valence-corrected chi connectivity index (χ3v) is 32.3. The van der Waals surface area contributed by atoms with Crippen LogP contribution in [0.1, 0.15) is 212 Å². The van der Waals surface area contributed by atoms with E-state index >= 15 is 4.79 Å².